The Bertz CT molecular complexity index is 766. The standard InChI is InChI=1S/C17H26N4O3S/c1-13-18-15-14(16(19-13)20-9-11-24-12-10-20)3-4-17(15)5-7-21(8-6-17)25(2,22)23/h3-12H2,1-2H3. The van der Waals surface area contributed by atoms with E-state index in [0.29, 0.717) is 13.1 Å². The van der Waals surface area contributed by atoms with Crippen LogP contribution in [0.1, 0.15) is 36.3 Å². The van der Waals surface area contributed by atoms with Crippen LogP contribution in [0.25, 0.3) is 0 Å². The van der Waals surface area contributed by atoms with Gasteiger partial charge in [-0.1, -0.05) is 0 Å². The van der Waals surface area contributed by atoms with Crippen LogP contribution in [0.15, 0.2) is 0 Å². The molecule has 1 aromatic rings. The van der Waals surface area contributed by atoms with Crippen LogP contribution in [0.2, 0.25) is 0 Å². The topological polar surface area (TPSA) is 75.6 Å². The number of fused-ring (bicyclic) bond motifs is 2. The molecule has 8 heteroatoms. The van der Waals surface area contributed by atoms with Gasteiger partial charge in [0.15, 0.2) is 0 Å². The van der Waals surface area contributed by atoms with E-state index < -0.39 is 10.0 Å². The molecule has 7 nitrogen and oxygen atoms in total. The van der Waals surface area contributed by atoms with Gasteiger partial charge in [0.25, 0.3) is 0 Å². The average molecular weight is 366 g/mol. The lowest BCUT2D eigenvalue weighted by Gasteiger charge is -2.38. The van der Waals surface area contributed by atoms with E-state index in [0.717, 1.165) is 63.6 Å². The zero-order valence-electron chi connectivity index (χ0n) is 15.0. The molecule has 0 bridgehead atoms. The van der Waals surface area contributed by atoms with Crippen LogP contribution in [0.5, 0.6) is 0 Å². The lowest BCUT2D eigenvalue weighted by Crippen LogP contribution is -2.44. The zero-order valence-corrected chi connectivity index (χ0v) is 15.8. The summed E-state index contributed by atoms with van der Waals surface area (Å²) in [4.78, 5) is 11.9. The number of morpholine rings is 1. The van der Waals surface area contributed by atoms with Gasteiger partial charge in [0.1, 0.15) is 11.6 Å². The number of sulfonamides is 1. The first-order valence-electron chi connectivity index (χ1n) is 9.05. The van der Waals surface area contributed by atoms with E-state index in [-0.39, 0.29) is 5.41 Å². The molecule has 2 saturated heterocycles. The van der Waals surface area contributed by atoms with Crippen molar-refractivity contribution in [1.82, 2.24) is 14.3 Å². The summed E-state index contributed by atoms with van der Waals surface area (Å²) in [5.41, 5.74) is 2.47. The van der Waals surface area contributed by atoms with Gasteiger partial charge < -0.3 is 9.64 Å². The summed E-state index contributed by atoms with van der Waals surface area (Å²) in [5, 5.41) is 0. The van der Waals surface area contributed by atoms with E-state index in [1.807, 2.05) is 6.92 Å². The van der Waals surface area contributed by atoms with Gasteiger partial charge in [0.05, 0.1) is 25.2 Å². The molecular weight excluding hydrogens is 340 g/mol. The molecule has 3 aliphatic rings. The van der Waals surface area contributed by atoms with Crippen molar-refractivity contribution in [2.24, 2.45) is 0 Å². The molecule has 0 atom stereocenters. The Labute approximate surface area is 149 Å². The van der Waals surface area contributed by atoms with Crippen LogP contribution in [0.3, 0.4) is 0 Å². The number of ether oxygens (including phenoxy) is 1. The first-order valence-corrected chi connectivity index (χ1v) is 10.9. The molecule has 25 heavy (non-hydrogen) atoms. The summed E-state index contributed by atoms with van der Waals surface area (Å²) in [5.74, 6) is 1.89. The third-order valence-electron chi connectivity index (χ3n) is 5.91. The fourth-order valence-electron chi connectivity index (χ4n) is 4.50. The predicted molar refractivity (Wildman–Crippen MR) is 95.5 cm³/mol. The van der Waals surface area contributed by atoms with E-state index in [4.69, 9.17) is 14.7 Å². The molecule has 0 saturated carbocycles. The van der Waals surface area contributed by atoms with E-state index in [1.165, 1.54) is 17.5 Å². The Balaban J connectivity index is 1.66. The highest BCUT2D eigenvalue weighted by molar-refractivity contribution is 7.88. The second-order valence-electron chi connectivity index (χ2n) is 7.46. The van der Waals surface area contributed by atoms with Gasteiger partial charge in [0.2, 0.25) is 10.0 Å². The number of aromatic nitrogens is 2. The minimum Gasteiger partial charge on any atom is -0.378 e. The number of piperidine rings is 1. The number of anilines is 1. The van der Waals surface area contributed by atoms with E-state index >= 15 is 0 Å². The van der Waals surface area contributed by atoms with E-state index in [9.17, 15) is 8.42 Å². The molecular formula is C17H26N4O3S. The normalized spacial score (nSPS) is 23.8. The fourth-order valence-corrected chi connectivity index (χ4v) is 5.35. The van der Waals surface area contributed by atoms with Crippen LogP contribution >= 0.6 is 0 Å². The van der Waals surface area contributed by atoms with Crippen LogP contribution in [-0.2, 0) is 26.6 Å². The SMILES string of the molecule is Cc1nc(N2CCOCC2)c2c(n1)C1(CC2)CCN(S(C)(=O)=O)CC1. The van der Waals surface area contributed by atoms with Gasteiger partial charge >= 0.3 is 0 Å². The van der Waals surface area contributed by atoms with Crippen molar-refractivity contribution < 1.29 is 13.2 Å². The maximum atomic E-state index is 11.8. The lowest BCUT2D eigenvalue weighted by atomic mass is 9.76. The van der Waals surface area contributed by atoms with E-state index in [1.54, 1.807) is 4.31 Å². The molecule has 0 amide bonds. The van der Waals surface area contributed by atoms with Crippen LogP contribution < -0.4 is 4.90 Å². The van der Waals surface area contributed by atoms with Gasteiger partial charge in [-0.2, -0.15) is 0 Å². The monoisotopic (exact) mass is 366 g/mol. The third kappa shape index (κ3) is 3.04. The van der Waals surface area contributed by atoms with Gasteiger partial charge in [-0.3, -0.25) is 0 Å². The molecule has 4 rings (SSSR count). The predicted octanol–water partition coefficient (Wildman–Crippen LogP) is 0.861. The van der Waals surface area contributed by atoms with Crippen LogP contribution in [0.4, 0.5) is 5.82 Å². The molecule has 1 spiro atoms. The summed E-state index contributed by atoms with van der Waals surface area (Å²) in [6.07, 6.45) is 5.05. The van der Waals surface area contributed by atoms with Gasteiger partial charge in [-0.25, -0.2) is 22.7 Å². The lowest BCUT2D eigenvalue weighted by molar-refractivity contribution is 0.122. The number of hydrogen-bond donors (Lipinski definition) is 0. The fraction of sp³-hybridized carbons (Fsp3) is 0.765. The summed E-state index contributed by atoms with van der Waals surface area (Å²) >= 11 is 0. The summed E-state index contributed by atoms with van der Waals surface area (Å²) in [6, 6.07) is 0. The summed E-state index contributed by atoms with van der Waals surface area (Å²) in [6.45, 7) is 6.37. The van der Waals surface area contributed by atoms with Crippen molar-refractivity contribution in [1.29, 1.82) is 0 Å². The van der Waals surface area contributed by atoms with Crippen molar-refractivity contribution in [3.63, 3.8) is 0 Å². The number of nitrogens with zero attached hydrogens (tertiary/aromatic N) is 4. The second-order valence-corrected chi connectivity index (χ2v) is 9.45. The smallest absolute Gasteiger partial charge is 0.211 e. The Morgan fingerprint density at radius 1 is 1.04 bits per heavy atom. The van der Waals surface area contributed by atoms with Crippen molar-refractivity contribution >= 4 is 15.8 Å². The molecule has 2 fully saturated rings. The zero-order chi connectivity index (χ0) is 17.7. The first-order chi connectivity index (χ1) is 11.9. The van der Waals surface area contributed by atoms with Crippen LogP contribution in [-0.4, -0.2) is 68.3 Å². The maximum absolute atomic E-state index is 11.8. The van der Waals surface area contributed by atoms with E-state index in [2.05, 4.69) is 4.90 Å². The first kappa shape index (κ1) is 17.2. The molecule has 0 N–H and O–H groups in total. The van der Waals surface area contributed by atoms with Crippen molar-refractivity contribution in [2.75, 3.05) is 50.5 Å². The highest BCUT2D eigenvalue weighted by Crippen LogP contribution is 2.47. The number of hydrogen-bond acceptors (Lipinski definition) is 6. The molecule has 2 aliphatic heterocycles. The van der Waals surface area contributed by atoms with Gasteiger partial charge in [-0.15, -0.1) is 0 Å². The maximum Gasteiger partial charge on any atom is 0.211 e. The highest BCUT2D eigenvalue weighted by atomic mass is 32.2. The summed E-state index contributed by atoms with van der Waals surface area (Å²) < 4.78 is 30.7. The molecule has 1 aromatic heterocycles. The summed E-state index contributed by atoms with van der Waals surface area (Å²) in [7, 11) is -3.10. The van der Waals surface area contributed by atoms with Gasteiger partial charge in [-0.05, 0) is 32.6 Å². The Kier molecular flexibility index (Phi) is 4.24. The Hall–Kier alpha value is -1.25. The van der Waals surface area contributed by atoms with Crippen molar-refractivity contribution in [3.05, 3.63) is 17.1 Å². The minimum absolute atomic E-state index is 0.0191. The van der Waals surface area contributed by atoms with Crippen LogP contribution in [0, 0.1) is 6.92 Å². The Morgan fingerprint density at radius 2 is 1.72 bits per heavy atom. The number of aryl methyl sites for hydroxylation is 1. The molecule has 0 unspecified atom stereocenters. The average Bonchev–Trinajstić information content (AvgIpc) is 2.93. The highest BCUT2D eigenvalue weighted by Gasteiger charge is 2.45. The largest absolute Gasteiger partial charge is 0.378 e. The molecule has 1 aliphatic carbocycles. The minimum atomic E-state index is -3.10. The molecule has 138 valence electrons. The molecule has 3 heterocycles. The molecule has 0 radical (unpaired) electrons. The number of rotatable bonds is 2. The van der Waals surface area contributed by atoms with Gasteiger partial charge in [0, 0.05) is 37.2 Å². The third-order valence-corrected chi connectivity index (χ3v) is 7.22. The quantitative estimate of drug-likeness (QED) is 0.773. The Morgan fingerprint density at radius 3 is 2.36 bits per heavy atom. The van der Waals surface area contributed by atoms with Crippen molar-refractivity contribution in [3.8, 4) is 0 Å². The second kappa shape index (κ2) is 6.17. The molecule has 0 aromatic carbocycles. The van der Waals surface area contributed by atoms with Crippen molar-refractivity contribution in [2.45, 2.75) is 38.0 Å².